The van der Waals surface area contributed by atoms with Crippen molar-refractivity contribution in [1.82, 2.24) is 10.6 Å². The van der Waals surface area contributed by atoms with Crippen LogP contribution in [-0.2, 0) is 4.74 Å². The minimum absolute atomic E-state index is 0.426. The van der Waals surface area contributed by atoms with Crippen molar-refractivity contribution in [2.45, 2.75) is 44.2 Å². The second-order valence-electron chi connectivity index (χ2n) is 6.90. The molecule has 1 aromatic carbocycles. The summed E-state index contributed by atoms with van der Waals surface area (Å²) >= 11 is 5.36. The third-order valence-corrected chi connectivity index (χ3v) is 5.31. The normalized spacial score (nSPS) is 20.1. The van der Waals surface area contributed by atoms with E-state index in [1.54, 1.807) is 0 Å². The maximum Gasteiger partial charge on any atom is 0.166 e. The number of ether oxygens (including phenoxy) is 1. The third-order valence-electron chi connectivity index (χ3n) is 5.05. The van der Waals surface area contributed by atoms with Gasteiger partial charge in [0.05, 0.1) is 19.3 Å². The van der Waals surface area contributed by atoms with Crippen molar-refractivity contribution in [3.8, 4) is 0 Å². The van der Waals surface area contributed by atoms with Crippen LogP contribution in [0.1, 0.15) is 43.8 Å². The number of hydrogen-bond donors (Lipinski definition) is 3. The molecule has 1 aromatic rings. The Bertz CT molecular complexity index is 540. The standard InChI is InChI=1S/C19H29N3O2S/c23-18(14-20-19(25)21-16-4-2-1-3-5-16)15-6-8-17(9-7-15)22-10-12-24-13-11-22/h6-9,16,18,23H,1-5,10-14H2,(H2,20,21,25). The van der Waals surface area contributed by atoms with Gasteiger partial charge in [0.1, 0.15) is 0 Å². The fourth-order valence-corrected chi connectivity index (χ4v) is 3.77. The minimum atomic E-state index is -0.565. The molecule has 1 heterocycles. The molecule has 1 aliphatic heterocycles. The minimum Gasteiger partial charge on any atom is -0.387 e. The molecule has 138 valence electrons. The van der Waals surface area contributed by atoms with Crippen LogP contribution in [0.5, 0.6) is 0 Å². The average molecular weight is 364 g/mol. The van der Waals surface area contributed by atoms with Gasteiger partial charge < -0.3 is 25.4 Å². The van der Waals surface area contributed by atoms with E-state index in [1.165, 1.54) is 37.8 Å². The van der Waals surface area contributed by atoms with E-state index < -0.39 is 6.10 Å². The first-order valence-corrected chi connectivity index (χ1v) is 9.78. The van der Waals surface area contributed by atoms with Crippen LogP contribution in [0.25, 0.3) is 0 Å². The van der Waals surface area contributed by atoms with E-state index in [2.05, 4.69) is 27.7 Å². The summed E-state index contributed by atoms with van der Waals surface area (Å²) in [5.74, 6) is 0. The third kappa shape index (κ3) is 5.56. The molecule has 6 heteroatoms. The summed E-state index contributed by atoms with van der Waals surface area (Å²) in [6.07, 6.45) is 5.69. The van der Waals surface area contributed by atoms with Crippen LogP contribution in [0, 0.1) is 0 Å². The Kier molecular flexibility index (Phi) is 6.90. The number of rotatable bonds is 5. The lowest BCUT2D eigenvalue weighted by Crippen LogP contribution is -2.43. The van der Waals surface area contributed by atoms with Crippen LogP contribution >= 0.6 is 12.2 Å². The van der Waals surface area contributed by atoms with Crippen molar-refractivity contribution in [2.75, 3.05) is 37.7 Å². The number of aliphatic hydroxyl groups is 1. The zero-order valence-electron chi connectivity index (χ0n) is 14.7. The summed E-state index contributed by atoms with van der Waals surface area (Å²) in [6, 6.07) is 8.62. The van der Waals surface area contributed by atoms with Crippen LogP contribution < -0.4 is 15.5 Å². The molecule has 1 unspecified atom stereocenters. The van der Waals surface area contributed by atoms with E-state index in [0.717, 1.165) is 31.9 Å². The number of nitrogens with zero attached hydrogens (tertiary/aromatic N) is 1. The molecular formula is C19H29N3O2S. The Morgan fingerprint density at radius 1 is 1.16 bits per heavy atom. The van der Waals surface area contributed by atoms with Gasteiger partial charge in [0.15, 0.2) is 5.11 Å². The first-order valence-electron chi connectivity index (χ1n) is 9.37. The highest BCUT2D eigenvalue weighted by atomic mass is 32.1. The molecule has 2 aliphatic rings. The first kappa shape index (κ1) is 18.4. The SMILES string of the molecule is OC(CNC(=S)NC1CCCCC1)c1ccc(N2CCOCC2)cc1. The lowest BCUT2D eigenvalue weighted by molar-refractivity contribution is 0.122. The Morgan fingerprint density at radius 2 is 1.84 bits per heavy atom. The predicted octanol–water partition coefficient (Wildman–Crippen LogP) is 2.35. The van der Waals surface area contributed by atoms with E-state index >= 15 is 0 Å². The fraction of sp³-hybridized carbons (Fsp3) is 0.632. The van der Waals surface area contributed by atoms with Crippen molar-refractivity contribution in [1.29, 1.82) is 0 Å². The molecule has 1 atom stereocenters. The second kappa shape index (κ2) is 9.36. The van der Waals surface area contributed by atoms with E-state index in [4.69, 9.17) is 17.0 Å². The molecule has 1 saturated carbocycles. The number of aliphatic hydroxyl groups excluding tert-OH is 1. The summed E-state index contributed by atoms with van der Waals surface area (Å²) in [5, 5.41) is 17.6. The molecule has 3 N–H and O–H groups in total. The van der Waals surface area contributed by atoms with Crippen LogP contribution in [-0.4, -0.2) is 49.1 Å². The molecule has 2 fully saturated rings. The van der Waals surface area contributed by atoms with E-state index in [1.807, 2.05) is 12.1 Å². The smallest absolute Gasteiger partial charge is 0.166 e. The van der Waals surface area contributed by atoms with Gasteiger partial charge in [-0.25, -0.2) is 0 Å². The number of benzene rings is 1. The van der Waals surface area contributed by atoms with Gasteiger partial charge in [-0.2, -0.15) is 0 Å². The molecule has 0 amide bonds. The van der Waals surface area contributed by atoms with Gasteiger partial charge in [-0.3, -0.25) is 0 Å². The second-order valence-corrected chi connectivity index (χ2v) is 7.30. The lowest BCUT2D eigenvalue weighted by Gasteiger charge is -2.29. The van der Waals surface area contributed by atoms with Crippen molar-refractivity contribution in [3.05, 3.63) is 29.8 Å². The van der Waals surface area contributed by atoms with Crippen molar-refractivity contribution < 1.29 is 9.84 Å². The first-order chi connectivity index (χ1) is 12.2. The van der Waals surface area contributed by atoms with Crippen molar-refractivity contribution in [2.24, 2.45) is 0 Å². The lowest BCUT2D eigenvalue weighted by atomic mass is 9.96. The molecule has 1 aliphatic carbocycles. The zero-order valence-corrected chi connectivity index (χ0v) is 15.6. The Labute approximate surface area is 155 Å². The van der Waals surface area contributed by atoms with Crippen LogP contribution in [0.2, 0.25) is 0 Å². The molecule has 0 bridgehead atoms. The van der Waals surface area contributed by atoms with Gasteiger partial charge in [-0.1, -0.05) is 31.4 Å². The molecule has 3 rings (SSSR count). The van der Waals surface area contributed by atoms with Gasteiger partial charge in [0, 0.05) is 31.4 Å². The van der Waals surface area contributed by atoms with E-state index in [0.29, 0.717) is 17.7 Å². The number of hydrogen-bond acceptors (Lipinski definition) is 4. The Morgan fingerprint density at radius 3 is 2.52 bits per heavy atom. The molecular weight excluding hydrogens is 334 g/mol. The van der Waals surface area contributed by atoms with Crippen molar-refractivity contribution in [3.63, 3.8) is 0 Å². The Hall–Kier alpha value is -1.37. The zero-order chi connectivity index (χ0) is 17.5. The van der Waals surface area contributed by atoms with Crippen LogP contribution in [0.15, 0.2) is 24.3 Å². The number of anilines is 1. The predicted molar refractivity (Wildman–Crippen MR) is 105 cm³/mol. The molecule has 0 aromatic heterocycles. The van der Waals surface area contributed by atoms with Gasteiger partial charge >= 0.3 is 0 Å². The summed E-state index contributed by atoms with van der Waals surface area (Å²) in [5.41, 5.74) is 2.09. The van der Waals surface area contributed by atoms with Gasteiger partial charge in [0.25, 0.3) is 0 Å². The van der Waals surface area contributed by atoms with Crippen molar-refractivity contribution >= 4 is 23.0 Å². The van der Waals surface area contributed by atoms with Crippen LogP contribution in [0.4, 0.5) is 5.69 Å². The topological polar surface area (TPSA) is 56.8 Å². The molecule has 5 nitrogen and oxygen atoms in total. The average Bonchev–Trinajstić information content (AvgIpc) is 2.68. The Balaban J connectivity index is 1.44. The summed E-state index contributed by atoms with van der Waals surface area (Å²) in [4.78, 5) is 2.31. The summed E-state index contributed by atoms with van der Waals surface area (Å²) < 4.78 is 5.38. The van der Waals surface area contributed by atoms with Gasteiger partial charge in [-0.15, -0.1) is 0 Å². The molecule has 0 radical (unpaired) electrons. The quantitative estimate of drug-likeness (QED) is 0.698. The van der Waals surface area contributed by atoms with E-state index in [-0.39, 0.29) is 0 Å². The maximum absolute atomic E-state index is 10.4. The monoisotopic (exact) mass is 363 g/mol. The number of morpholine rings is 1. The highest BCUT2D eigenvalue weighted by Gasteiger charge is 2.15. The molecule has 1 saturated heterocycles. The van der Waals surface area contributed by atoms with Gasteiger partial charge in [-0.05, 0) is 42.8 Å². The van der Waals surface area contributed by atoms with E-state index in [9.17, 15) is 5.11 Å². The number of thiocarbonyl (C=S) groups is 1. The van der Waals surface area contributed by atoms with Crippen LogP contribution in [0.3, 0.4) is 0 Å². The molecule has 0 spiro atoms. The maximum atomic E-state index is 10.4. The largest absolute Gasteiger partial charge is 0.387 e. The molecule has 25 heavy (non-hydrogen) atoms. The summed E-state index contributed by atoms with van der Waals surface area (Å²) in [7, 11) is 0. The summed E-state index contributed by atoms with van der Waals surface area (Å²) in [6.45, 7) is 3.82. The van der Waals surface area contributed by atoms with Gasteiger partial charge in [0.2, 0.25) is 0 Å². The highest BCUT2D eigenvalue weighted by Crippen LogP contribution is 2.20. The number of nitrogens with one attached hydrogen (secondary N) is 2. The highest BCUT2D eigenvalue weighted by molar-refractivity contribution is 7.80. The fourth-order valence-electron chi connectivity index (χ4n) is 3.52.